The maximum atomic E-state index is 5.54. The molecule has 136 valence electrons. The Hall–Kier alpha value is -2.99. The van der Waals surface area contributed by atoms with Crippen LogP contribution in [0.5, 0.6) is 0 Å². The van der Waals surface area contributed by atoms with Gasteiger partial charge in [-0.2, -0.15) is 4.98 Å². The van der Waals surface area contributed by atoms with Crippen LogP contribution < -0.4 is 5.32 Å². The van der Waals surface area contributed by atoms with Gasteiger partial charge in [-0.1, -0.05) is 23.4 Å². The number of fused-ring (bicyclic) bond motifs is 1. The molecule has 7 heteroatoms. The highest BCUT2D eigenvalue weighted by Crippen LogP contribution is 2.40. The number of benzene rings is 1. The van der Waals surface area contributed by atoms with Crippen molar-refractivity contribution in [2.75, 3.05) is 5.32 Å². The molecule has 0 bridgehead atoms. The summed E-state index contributed by atoms with van der Waals surface area (Å²) in [6, 6.07) is 14.0. The minimum absolute atomic E-state index is 0. The molecule has 5 rings (SSSR count). The number of hydrogen-bond donors (Lipinski definition) is 1. The highest BCUT2D eigenvalue weighted by atomic mass is 35.5. The first-order valence-electron chi connectivity index (χ1n) is 8.70. The molecule has 0 atom stereocenters. The van der Waals surface area contributed by atoms with Gasteiger partial charge < -0.3 is 9.84 Å². The van der Waals surface area contributed by atoms with E-state index in [0.29, 0.717) is 17.5 Å². The average molecular weight is 380 g/mol. The number of aromatic nitrogens is 4. The fourth-order valence-electron chi connectivity index (χ4n) is 2.99. The summed E-state index contributed by atoms with van der Waals surface area (Å²) in [7, 11) is 0. The normalized spacial score (nSPS) is 13.4. The van der Waals surface area contributed by atoms with Crippen molar-refractivity contribution in [3.8, 4) is 11.5 Å². The van der Waals surface area contributed by atoms with E-state index in [1.165, 1.54) is 0 Å². The van der Waals surface area contributed by atoms with Crippen LogP contribution in [0, 0.1) is 6.92 Å². The van der Waals surface area contributed by atoms with Gasteiger partial charge in [0.25, 0.3) is 5.89 Å². The molecule has 0 aliphatic heterocycles. The van der Waals surface area contributed by atoms with Crippen molar-refractivity contribution in [2.45, 2.75) is 25.7 Å². The molecular formula is C20H18ClN5O. The third-order valence-corrected chi connectivity index (χ3v) is 4.53. The van der Waals surface area contributed by atoms with Crippen molar-refractivity contribution in [3.63, 3.8) is 0 Å². The summed E-state index contributed by atoms with van der Waals surface area (Å²) in [6.45, 7) is 1.96. The number of rotatable bonds is 4. The topological polar surface area (TPSA) is 76.7 Å². The molecule has 0 radical (unpaired) electrons. The molecular weight excluding hydrogens is 362 g/mol. The molecule has 3 heterocycles. The molecule has 1 fully saturated rings. The first kappa shape index (κ1) is 17.4. The van der Waals surface area contributed by atoms with Crippen molar-refractivity contribution >= 4 is 34.8 Å². The quantitative estimate of drug-likeness (QED) is 0.535. The van der Waals surface area contributed by atoms with E-state index < -0.39 is 0 Å². The summed E-state index contributed by atoms with van der Waals surface area (Å²) in [5, 5.41) is 8.54. The van der Waals surface area contributed by atoms with Gasteiger partial charge in [0.15, 0.2) is 11.5 Å². The molecule has 1 aliphatic rings. The zero-order valence-corrected chi connectivity index (χ0v) is 15.5. The van der Waals surface area contributed by atoms with Gasteiger partial charge in [0.1, 0.15) is 0 Å². The molecule has 27 heavy (non-hydrogen) atoms. The smallest absolute Gasteiger partial charge is 0.261 e. The van der Waals surface area contributed by atoms with E-state index in [1.807, 2.05) is 49.4 Å². The van der Waals surface area contributed by atoms with Crippen molar-refractivity contribution in [1.29, 1.82) is 0 Å². The maximum absolute atomic E-state index is 5.54. The Labute approximate surface area is 162 Å². The molecule has 3 aromatic heterocycles. The summed E-state index contributed by atoms with van der Waals surface area (Å²) in [5.74, 6) is 1.71. The van der Waals surface area contributed by atoms with Gasteiger partial charge in [0.05, 0.1) is 11.3 Å². The Kier molecular flexibility index (Phi) is 4.49. The molecule has 1 saturated carbocycles. The van der Waals surface area contributed by atoms with Crippen LogP contribution in [0.4, 0.5) is 11.4 Å². The lowest BCUT2D eigenvalue weighted by Crippen LogP contribution is -1.98. The van der Waals surface area contributed by atoms with Crippen LogP contribution in [0.2, 0.25) is 0 Å². The molecule has 0 amide bonds. The Bertz CT molecular complexity index is 1090. The molecule has 1 N–H and O–H groups in total. The molecule has 1 aliphatic carbocycles. The lowest BCUT2D eigenvalue weighted by molar-refractivity contribution is 0.423. The van der Waals surface area contributed by atoms with Crippen LogP contribution >= 0.6 is 12.4 Å². The van der Waals surface area contributed by atoms with E-state index in [4.69, 9.17) is 4.52 Å². The summed E-state index contributed by atoms with van der Waals surface area (Å²) < 4.78 is 5.54. The van der Waals surface area contributed by atoms with Crippen molar-refractivity contribution in [3.05, 3.63) is 60.2 Å². The second-order valence-electron chi connectivity index (χ2n) is 6.59. The van der Waals surface area contributed by atoms with E-state index >= 15 is 0 Å². The van der Waals surface area contributed by atoms with Gasteiger partial charge in [-0.3, -0.25) is 0 Å². The average Bonchev–Trinajstić information content (AvgIpc) is 3.40. The SMILES string of the molecule is Cc1ccc2c(Nc3ccccc3)c(-c3nc(C4CC4)no3)cnc2n1.Cl. The highest BCUT2D eigenvalue weighted by molar-refractivity contribution is 5.98. The maximum Gasteiger partial charge on any atom is 0.261 e. The first-order chi connectivity index (χ1) is 12.8. The largest absolute Gasteiger partial charge is 0.354 e. The molecule has 0 saturated heterocycles. The number of pyridine rings is 2. The molecule has 0 spiro atoms. The number of nitrogens with zero attached hydrogens (tertiary/aromatic N) is 4. The molecule has 6 nitrogen and oxygen atoms in total. The number of para-hydroxylation sites is 1. The fourth-order valence-corrected chi connectivity index (χ4v) is 2.99. The van der Waals surface area contributed by atoms with Crippen molar-refractivity contribution in [2.24, 2.45) is 0 Å². The predicted molar refractivity (Wildman–Crippen MR) is 107 cm³/mol. The Morgan fingerprint density at radius 2 is 1.85 bits per heavy atom. The lowest BCUT2D eigenvalue weighted by Gasteiger charge is -2.12. The second kappa shape index (κ2) is 6.96. The third-order valence-electron chi connectivity index (χ3n) is 4.53. The van der Waals surface area contributed by atoms with Crippen LogP contribution in [0.1, 0.15) is 30.3 Å². The van der Waals surface area contributed by atoms with Crippen LogP contribution in [0.3, 0.4) is 0 Å². The number of aryl methyl sites for hydroxylation is 1. The number of nitrogens with one attached hydrogen (secondary N) is 1. The summed E-state index contributed by atoms with van der Waals surface area (Å²) in [6.07, 6.45) is 4.02. The minimum atomic E-state index is 0. The zero-order chi connectivity index (χ0) is 17.5. The monoisotopic (exact) mass is 379 g/mol. The molecule has 0 unspecified atom stereocenters. The molecule has 4 aromatic rings. The van der Waals surface area contributed by atoms with Gasteiger partial charge in [0.2, 0.25) is 0 Å². The van der Waals surface area contributed by atoms with Gasteiger partial charge in [-0.15, -0.1) is 12.4 Å². The van der Waals surface area contributed by atoms with E-state index in [9.17, 15) is 0 Å². The standard InChI is InChI=1S/C20H17N5O.ClH/c1-12-7-10-15-17(23-14-5-3-2-4-6-14)16(11-21-19(15)22-12)20-24-18(25-26-20)13-8-9-13;/h2-7,10-11,13H,8-9H2,1H3,(H,21,22,23);1H. The first-order valence-corrected chi connectivity index (χ1v) is 8.70. The van der Waals surface area contributed by atoms with Crippen molar-refractivity contribution < 1.29 is 4.52 Å². The number of hydrogen-bond acceptors (Lipinski definition) is 6. The molecule has 1 aromatic carbocycles. The Morgan fingerprint density at radius 3 is 2.63 bits per heavy atom. The van der Waals surface area contributed by atoms with Crippen LogP contribution in [-0.2, 0) is 0 Å². The number of halogens is 1. The highest BCUT2D eigenvalue weighted by Gasteiger charge is 2.29. The van der Waals surface area contributed by atoms with Crippen LogP contribution in [0.25, 0.3) is 22.5 Å². The Balaban J connectivity index is 0.00000180. The van der Waals surface area contributed by atoms with Crippen LogP contribution in [-0.4, -0.2) is 20.1 Å². The second-order valence-corrected chi connectivity index (χ2v) is 6.59. The van der Waals surface area contributed by atoms with Crippen molar-refractivity contribution in [1.82, 2.24) is 20.1 Å². The number of anilines is 2. The minimum Gasteiger partial charge on any atom is -0.354 e. The van der Waals surface area contributed by atoms with Gasteiger partial charge in [0, 0.05) is 28.9 Å². The van der Waals surface area contributed by atoms with Gasteiger partial charge >= 0.3 is 0 Å². The third kappa shape index (κ3) is 3.36. The van der Waals surface area contributed by atoms with Crippen LogP contribution in [0.15, 0.2) is 53.2 Å². The lowest BCUT2D eigenvalue weighted by atomic mass is 10.1. The summed E-state index contributed by atoms with van der Waals surface area (Å²) >= 11 is 0. The summed E-state index contributed by atoms with van der Waals surface area (Å²) in [5.41, 5.74) is 4.25. The predicted octanol–water partition coefficient (Wildman–Crippen LogP) is 5.03. The summed E-state index contributed by atoms with van der Waals surface area (Å²) in [4.78, 5) is 13.6. The van der Waals surface area contributed by atoms with Gasteiger partial charge in [-0.25, -0.2) is 9.97 Å². The Morgan fingerprint density at radius 1 is 1.04 bits per heavy atom. The van der Waals surface area contributed by atoms with E-state index in [2.05, 4.69) is 25.4 Å². The van der Waals surface area contributed by atoms with Gasteiger partial charge in [-0.05, 0) is 44.0 Å². The van der Waals surface area contributed by atoms with E-state index in [0.717, 1.165) is 46.7 Å². The van der Waals surface area contributed by atoms with E-state index in [-0.39, 0.29) is 12.4 Å². The fraction of sp³-hybridized carbons (Fsp3) is 0.200. The zero-order valence-electron chi connectivity index (χ0n) is 14.7. The van der Waals surface area contributed by atoms with E-state index in [1.54, 1.807) is 6.20 Å².